The Kier molecular flexibility index (Phi) is 5.82. The average Bonchev–Trinajstić information content (AvgIpc) is 3.11. The van der Waals surface area contributed by atoms with Crippen molar-refractivity contribution in [2.45, 2.75) is 78.2 Å². The lowest BCUT2D eigenvalue weighted by molar-refractivity contribution is -0.161. The van der Waals surface area contributed by atoms with E-state index in [1.165, 1.54) is 11.3 Å². The van der Waals surface area contributed by atoms with Gasteiger partial charge in [-0.2, -0.15) is 0 Å². The Morgan fingerprint density at radius 1 is 1.09 bits per heavy atom. The minimum atomic E-state index is -1.18. The minimum Gasteiger partial charge on any atom is -0.382 e. The van der Waals surface area contributed by atoms with Crippen molar-refractivity contribution in [3.05, 3.63) is 42.0 Å². The number of anilines is 1. The van der Waals surface area contributed by atoms with Crippen LogP contribution in [0.1, 0.15) is 72.6 Å². The molecule has 1 aromatic rings. The quantitative estimate of drug-likeness (QED) is 0.618. The molecule has 3 fully saturated rings. The molecule has 0 radical (unpaired) electrons. The van der Waals surface area contributed by atoms with Gasteiger partial charge in [0.25, 0.3) is 0 Å². The molecule has 0 amide bonds. The monoisotopic (exact) mass is 463 g/mol. The third-order valence-electron chi connectivity index (χ3n) is 10.8. The van der Waals surface area contributed by atoms with Gasteiger partial charge in [-0.15, -0.1) is 0 Å². The van der Waals surface area contributed by atoms with E-state index in [4.69, 9.17) is 0 Å². The standard InChI is InChI=1S/C30H41NO3/c1-5-31(22-9-7-6-8-10-22)19-21-17-24-25(28(3)14-11-23(33)18-27(21)28)12-15-29(4)26(24)13-16-30(29,34)20(2)32/h6-10,18,21,24-26,34H,5,11-17,19H2,1-4H3/t21-,24+,25-,26-,28+,29-,30-/m0/s1. The normalized spacial score (nSPS) is 41.2. The molecule has 4 nitrogen and oxygen atoms in total. The molecular weight excluding hydrogens is 422 g/mol. The number of nitrogens with zero attached hydrogens (tertiary/aromatic N) is 1. The van der Waals surface area contributed by atoms with Gasteiger partial charge in [-0.25, -0.2) is 0 Å². The molecule has 4 aliphatic rings. The highest BCUT2D eigenvalue weighted by atomic mass is 16.3. The first-order chi connectivity index (χ1) is 16.1. The number of carbonyl (C=O) groups is 2. The van der Waals surface area contributed by atoms with E-state index < -0.39 is 5.60 Å². The van der Waals surface area contributed by atoms with E-state index in [1.54, 1.807) is 6.92 Å². The van der Waals surface area contributed by atoms with Crippen LogP contribution in [0, 0.1) is 34.5 Å². The molecule has 0 heterocycles. The number of para-hydroxylation sites is 1. The Bertz CT molecular complexity index is 1000. The lowest BCUT2D eigenvalue weighted by Crippen LogP contribution is -2.58. The van der Waals surface area contributed by atoms with Crippen molar-refractivity contribution in [1.82, 2.24) is 0 Å². The van der Waals surface area contributed by atoms with Crippen LogP contribution in [0.4, 0.5) is 5.69 Å². The summed E-state index contributed by atoms with van der Waals surface area (Å²) in [6.45, 7) is 10.2. The van der Waals surface area contributed by atoms with E-state index in [0.717, 1.165) is 45.2 Å². The lowest BCUT2D eigenvalue weighted by Gasteiger charge is -2.60. The molecule has 4 aliphatic carbocycles. The van der Waals surface area contributed by atoms with Crippen LogP contribution in [0.15, 0.2) is 42.0 Å². The number of hydrogen-bond acceptors (Lipinski definition) is 4. The molecule has 0 saturated heterocycles. The van der Waals surface area contributed by atoms with Crippen molar-refractivity contribution >= 4 is 17.3 Å². The summed E-state index contributed by atoms with van der Waals surface area (Å²) < 4.78 is 0. The summed E-state index contributed by atoms with van der Waals surface area (Å²) in [6, 6.07) is 10.6. The van der Waals surface area contributed by atoms with Gasteiger partial charge < -0.3 is 10.0 Å². The molecule has 0 bridgehead atoms. The number of rotatable bonds is 5. The Balaban J connectivity index is 1.52. The number of fused-ring (bicyclic) bond motifs is 5. The Morgan fingerprint density at radius 2 is 1.79 bits per heavy atom. The Hall–Kier alpha value is -1.94. The van der Waals surface area contributed by atoms with Crippen LogP contribution in [0.2, 0.25) is 0 Å². The van der Waals surface area contributed by atoms with E-state index in [1.807, 2.05) is 6.08 Å². The fourth-order valence-corrected chi connectivity index (χ4v) is 8.87. The highest BCUT2D eigenvalue weighted by Gasteiger charge is 2.66. The van der Waals surface area contributed by atoms with Crippen LogP contribution in [-0.4, -0.2) is 35.4 Å². The molecule has 0 spiro atoms. The van der Waals surface area contributed by atoms with E-state index in [2.05, 4.69) is 56.0 Å². The first-order valence-corrected chi connectivity index (χ1v) is 13.4. The molecule has 1 N–H and O–H groups in total. The zero-order chi connectivity index (χ0) is 24.3. The maximum absolute atomic E-state index is 12.6. The maximum Gasteiger partial charge on any atom is 0.161 e. The summed E-state index contributed by atoms with van der Waals surface area (Å²) in [5.74, 6) is 1.93. The van der Waals surface area contributed by atoms with Crippen molar-refractivity contribution < 1.29 is 14.7 Å². The molecule has 5 rings (SSSR count). The van der Waals surface area contributed by atoms with Gasteiger partial charge in [-0.1, -0.05) is 37.6 Å². The number of benzene rings is 1. The highest BCUT2D eigenvalue weighted by Crippen LogP contribution is 2.68. The number of Topliss-reactive ketones (excluding diaryl/α,β-unsaturated/α-hetero) is 1. The molecule has 7 atom stereocenters. The lowest BCUT2D eigenvalue weighted by atomic mass is 9.44. The molecule has 34 heavy (non-hydrogen) atoms. The van der Waals surface area contributed by atoms with Crippen LogP contribution >= 0.6 is 0 Å². The Morgan fingerprint density at radius 3 is 2.47 bits per heavy atom. The number of hydrogen-bond donors (Lipinski definition) is 1. The van der Waals surface area contributed by atoms with Crippen molar-refractivity contribution in [2.75, 3.05) is 18.0 Å². The molecule has 184 valence electrons. The summed E-state index contributed by atoms with van der Waals surface area (Å²) in [5, 5.41) is 11.5. The number of ketones is 2. The largest absolute Gasteiger partial charge is 0.382 e. The molecule has 0 aromatic heterocycles. The number of aliphatic hydroxyl groups is 1. The van der Waals surface area contributed by atoms with Gasteiger partial charge in [0, 0.05) is 30.6 Å². The van der Waals surface area contributed by atoms with E-state index in [0.29, 0.717) is 36.5 Å². The molecular formula is C30H41NO3. The fourth-order valence-electron chi connectivity index (χ4n) is 8.87. The van der Waals surface area contributed by atoms with E-state index in [9.17, 15) is 14.7 Å². The van der Waals surface area contributed by atoms with Crippen LogP contribution in [-0.2, 0) is 9.59 Å². The zero-order valence-electron chi connectivity index (χ0n) is 21.3. The summed E-state index contributed by atoms with van der Waals surface area (Å²) in [6.07, 6.45) is 8.12. The third kappa shape index (κ3) is 3.35. The van der Waals surface area contributed by atoms with Crippen molar-refractivity contribution in [3.63, 3.8) is 0 Å². The SMILES string of the molecule is CCN(C[C@@H]1C[C@@H]2[C@H](CC[C@@]3(C)[C@H]2CC[C@]3(O)C(C)=O)[C@@]2(C)CCC(=O)C=C12)c1ccccc1. The second-order valence-electron chi connectivity index (χ2n) is 12.1. The molecule has 4 heteroatoms. The van der Waals surface area contributed by atoms with Crippen LogP contribution < -0.4 is 4.90 Å². The van der Waals surface area contributed by atoms with Crippen molar-refractivity contribution in [3.8, 4) is 0 Å². The van der Waals surface area contributed by atoms with Gasteiger partial charge in [0.15, 0.2) is 11.6 Å². The first kappa shape index (κ1) is 23.8. The van der Waals surface area contributed by atoms with Crippen molar-refractivity contribution in [1.29, 1.82) is 0 Å². The molecule has 0 unspecified atom stereocenters. The van der Waals surface area contributed by atoms with Gasteiger partial charge in [-0.3, -0.25) is 9.59 Å². The molecule has 1 aromatic carbocycles. The minimum absolute atomic E-state index is 0.0376. The van der Waals surface area contributed by atoms with Gasteiger partial charge in [-0.05, 0) is 99.7 Å². The van der Waals surface area contributed by atoms with Crippen LogP contribution in [0.5, 0.6) is 0 Å². The molecule has 3 saturated carbocycles. The molecule has 0 aliphatic heterocycles. The van der Waals surface area contributed by atoms with Crippen LogP contribution in [0.3, 0.4) is 0 Å². The van der Waals surface area contributed by atoms with Gasteiger partial charge in [0.1, 0.15) is 5.60 Å². The van der Waals surface area contributed by atoms with E-state index >= 15 is 0 Å². The zero-order valence-corrected chi connectivity index (χ0v) is 21.3. The fraction of sp³-hybridized carbons (Fsp3) is 0.667. The van der Waals surface area contributed by atoms with Crippen LogP contribution in [0.25, 0.3) is 0 Å². The maximum atomic E-state index is 12.6. The average molecular weight is 464 g/mol. The number of carbonyl (C=O) groups excluding carboxylic acids is 2. The first-order valence-electron chi connectivity index (χ1n) is 13.4. The summed E-state index contributed by atoms with van der Waals surface area (Å²) in [5.41, 5.74) is 1.13. The van der Waals surface area contributed by atoms with Crippen molar-refractivity contribution in [2.24, 2.45) is 34.5 Å². The predicted molar refractivity (Wildman–Crippen MR) is 136 cm³/mol. The smallest absolute Gasteiger partial charge is 0.161 e. The predicted octanol–water partition coefficient (Wildman–Crippen LogP) is 5.59. The van der Waals surface area contributed by atoms with Gasteiger partial charge in [0.05, 0.1) is 0 Å². The summed E-state index contributed by atoms with van der Waals surface area (Å²) in [7, 11) is 0. The van der Waals surface area contributed by atoms with Gasteiger partial charge >= 0.3 is 0 Å². The van der Waals surface area contributed by atoms with E-state index in [-0.39, 0.29) is 22.4 Å². The summed E-state index contributed by atoms with van der Waals surface area (Å²) >= 11 is 0. The Labute approximate surface area is 204 Å². The topological polar surface area (TPSA) is 57.6 Å². The second kappa shape index (κ2) is 8.33. The van der Waals surface area contributed by atoms with Gasteiger partial charge in [0.2, 0.25) is 0 Å². The third-order valence-corrected chi connectivity index (χ3v) is 10.8. The second-order valence-corrected chi connectivity index (χ2v) is 12.1. The highest BCUT2D eigenvalue weighted by molar-refractivity contribution is 5.92. The summed E-state index contributed by atoms with van der Waals surface area (Å²) in [4.78, 5) is 27.7.